The molecule has 0 saturated carbocycles. The predicted octanol–water partition coefficient (Wildman–Crippen LogP) is 2.82. The number of esters is 1. The molecule has 178 valence electrons. The second-order valence-corrected chi connectivity index (χ2v) is 8.59. The highest BCUT2D eigenvalue weighted by Gasteiger charge is 2.33. The van der Waals surface area contributed by atoms with Gasteiger partial charge in [-0.15, -0.1) is 0 Å². The fraction of sp³-hybridized carbons (Fsp3) is 0.609. The number of carbonyl (C=O) groups is 3. The zero-order valence-electron chi connectivity index (χ0n) is 19.4. The largest absolute Gasteiger partial charge is 0.508 e. The summed E-state index contributed by atoms with van der Waals surface area (Å²) in [5.41, 5.74) is 2.93. The van der Waals surface area contributed by atoms with Crippen molar-refractivity contribution in [1.82, 2.24) is 15.8 Å². The summed E-state index contributed by atoms with van der Waals surface area (Å²) in [7, 11) is 0. The van der Waals surface area contributed by atoms with Gasteiger partial charge in [0.15, 0.2) is 0 Å². The molecule has 1 aromatic rings. The molecule has 1 aliphatic rings. The van der Waals surface area contributed by atoms with Gasteiger partial charge >= 0.3 is 5.97 Å². The third-order valence-corrected chi connectivity index (χ3v) is 5.76. The molecule has 0 radical (unpaired) electrons. The highest BCUT2D eigenvalue weighted by Crippen LogP contribution is 2.25. The fourth-order valence-electron chi connectivity index (χ4n) is 3.85. The van der Waals surface area contributed by atoms with E-state index < -0.39 is 30.0 Å². The highest BCUT2D eigenvalue weighted by molar-refractivity contribution is 5.88. The lowest BCUT2D eigenvalue weighted by Crippen LogP contribution is -2.59. The third kappa shape index (κ3) is 6.41. The quantitative estimate of drug-likeness (QED) is 0.525. The first-order chi connectivity index (χ1) is 15.0. The van der Waals surface area contributed by atoms with E-state index in [0.717, 1.165) is 6.07 Å². The number of benzene rings is 1. The van der Waals surface area contributed by atoms with Crippen LogP contribution in [0.5, 0.6) is 5.75 Å². The van der Waals surface area contributed by atoms with Crippen LogP contribution in [0.1, 0.15) is 65.5 Å². The van der Waals surface area contributed by atoms with E-state index in [0.29, 0.717) is 25.8 Å². The number of ether oxygens (including phenoxy) is 1. The number of hydrogen-bond donors (Lipinski definition) is 3. The number of hydrogen-bond acceptors (Lipinski definition) is 6. The van der Waals surface area contributed by atoms with E-state index >= 15 is 0 Å². The fourth-order valence-corrected chi connectivity index (χ4v) is 3.85. The van der Waals surface area contributed by atoms with Crippen LogP contribution in [0.3, 0.4) is 0 Å². The van der Waals surface area contributed by atoms with Gasteiger partial charge in [-0.1, -0.05) is 20.8 Å². The molecule has 32 heavy (non-hydrogen) atoms. The monoisotopic (exact) mass is 451 g/mol. The van der Waals surface area contributed by atoms with Crippen molar-refractivity contribution in [3.05, 3.63) is 29.6 Å². The Balaban J connectivity index is 1.96. The van der Waals surface area contributed by atoms with Crippen molar-refractivity contribution in [1.29, 1.82) is 0 Å². The maximum absolute atomic E-state index is 14.0. The molecule has 1 aliphatic heterocycles. The van der Waals surface area contributed by atoms with Gasteiger partial charge in [0, 0.05) is 18.0 Å². The molecule has 0 bridgehead atoms. The van der Waals surface area contributed by atoms with E-state index in [1.807, 2.05) is 20.8 Å². The Morgan fingerprint density at radius 1 is 1.28 bits per heavy atom. The minimum Gasteiger partial charge on any atom is -0.508 e. The number of rotatable bonds is 8. The summed E-state index contributed by atoms with van der Waals surface area (Å²) in [6.45, 7) is 9.38. The average molecular weight is 452 g/mol. The van der Waals surface area contributed by atoms with Crippen LogP contribution in [0, 0.1) is 17.7 Å². The van der Waals surface area contributed by atoms with Crippen LogP contribution in [-0.4, -0.2) is 46.5 Å². The number of phenols is 1. The van der Waals surface area contributed by atoms with Crippen LogP contribution < -0.4 is 10.7 Å². The molecule has 2 rings (SSSR count). The highest BCUT2D eigenvalue weighted by atomic mass is 19.1. The van der Waals surface area contributed by atoms with Gasteiger partial charge in [-0.2, -0.15) is 0 Å². The molecule has 8 nitrogen and oxygen atoms in total. The van der Waals surface area contributed by atoms with Crippen molar-refractivity contribution in [2.24, 2.45) is 11.8 Å². The van der Waals surface area contributed by atoms with Crippen LogP contribution in [0.4, 0.5) is 4.39 Å². The molecule has 1 heterocycles. The van der Waals surface area contributed by atoms with E-state index in [-0.39, 0.29) is 35.0 Å². The van der Waals surface area contributed by atoms with Crippen molar-refractivity contribution >= 4 is 17.8 Å². The van der Waals surface area contributed by atoms with Gasteiger partial charge in [0.05, 0.1) is 0 Å². The maximum Gasteiger partial charge on any atom is 0.325 e. The summed E-state index contributed by atoms with van der Waals surface area (Å²) in [5, 5.41) is 13.7. The van der Waals surface area contributed by atoms with E-state index in [4.69, 9.17) is 4.74 Å². The van der Waals surface area contributed by atoms with Crippen molar-refractivity contribution in [2.45, 2.75) is 72.1 Å². The minimum absolute atomic E-state index is 0.0639. The lowest BCUT2D eigenvalue weighted by molar-refractivity contribution is -0.157. The lowest BCUT2D eigenvalue weighted by atomic mass is 9.92. The summed E-state index contributed by atoms with van der Waals surface area (Å²) < 4.78 is 19.4. The van der Waals surface area contributed by atoms with Gasteiger partial charge in [-0.05, 0) is 57.2 Å². The summed E-state index contributed by atoms with van der Waals surface area (Å²) >= 11 is 0. The molecular formula is C23H34FN3O5. The van der Waals surface area contributed by atoms with Crippen molar-refractivity contribution in [3.8, 4) is 5.75 Å². The number of hydrazine groups is 1. The first-order valence-corrected chi connectivity index (χ1v) is 11.1. The number of halogens is 1. The minimum atomic E-state index is -0.914. The molecule has 1 unspecified atom stereocenters. The summed E-state index contributed by atoms with van der Waals surface area (Å²) in [4.78, 5) is 37.9. The predicted molar refractivity (Wildman–Crippen MR) is 117 cm³/mol. The zero-order valence-corrected chi connectivity index (χ0v) is 19.4. The Morgan fingerprint density at radius 3 is 2.59 bits per heavy atom. The topological polar surface area (TPSA) is 108 Å². The first kappa shape index (κ1) is 25.6. The smallest absolute Gasteiger partial charge is 0.325 e. The molecule has 3 N–H and O–H groups in total. The normalized spacial score (nSPS) is 19.2. The van der Waals surface area contributed by atoms with E-state index in [9.17, 15) is 23.9 Å². The molecule has 0 spiro atoms. The number of nitrogens with one attached hydrogen (secondary N) is 2. The Labute approximate surface area is 188 Å². The van der Waals surface area contributed by atoms with Crippen LogP contribution in [0.25, 0.3) is 0 Å². The Bertz CT molecular complexity index is 832. The van der Waals surface area contributed by atoms with Gasteiger partial charge in [-0.3, -0.25) is 19.4 Å². The van der Waals surface area contributed by atoms with Gasteiger partial charge < -0.3 is 15.2 Å². The molecule has 4 atom stereocenters. The summed E-state index contributed by atoms with van der Waals surface area (Å²) in [5.74, 6) is -1.88. The molecule has 2 amide bonds. The molecule has 1 aromatic carbocycles. The maximum atomic E-state index is 14.0. The Morgan fingerprint density at radius 2 is 1.97 bits per heavy atom. The van der Waals surface area contributed by atoms with Crippen LogP contribution in [0.15, 0.2) is 18.2 Å². The molecule has 0 aliphatic carbocycles. The summed E-state index contributed by atoms with van der Waals surface area (Å²) in [6.07, 6.45) is 0.780. The molecule has 0 aromatic heterocycles. The van der Waals surface area contributed by atoms with Crippen LogP contribution in [0.2, 0.25) is 0 Å². The Hall–Kier alpha value is -2.68. The summed E-state index contributed by atoms with van der Waals surface area (Å²) in [6, 6.07) is 1.99. The number of phenolic OH excluding ortho intramolecular Hbond substituents is 1. The molecule has 1 fully saturated rings. The van der Waals surface area contributed by atoms with Crippen molar-refractivity contribution in [3.63, 3.8) is 0 Å². The second-order valence-electron chi connectivity index (χ2n) is 8.59. The number of aromatic hydroxyl groups is 1. The van der Waals surface area contributed by atoms with E-state index in [1.165, 1.54) is 24.1 Å². The van der Waals surface area contributed by atoms with Gasteiger partial charge in [0.25, 0.3) is 5.91 Å². The van der Waals surface area contributed by atoms with Crippen molar-refractivity contribution < 1.29 is 28.6 Å². The number of nitrogens with zero attached hydrogens (tertiary/aromatic N) is 1. The number of amides is 2. The zero-order chi connectivity index (χ0) is 24.0. The number of carbonyl (C=O) groups excluding carboxylic acids is 3. The van der Waals surface area contributed by atoms with E-state index in [2.05, 4.69) is 10.7 Å². The SMILES string of the molecule is CC[C@H](C(=O)NC(C)C(=O)N1CCC[C@@H](C(=O)O[C@H](C)c2cc(O)ccc2F)N1)C(C)C. The first-order valence-electron chi connectivity index (χ1n) is 11.1. The molecule has 9 heteroatoms. The van der Waals surface area contributed by atoms with Crippen LogP contribution >= 0.6 is 0 Å². The Kier molecular flexibility index (Phi) is 9.00. The van der Waals surface area contributed by atoms with Crippen molar-refractivity contribution in [2.75, 3.05) is 6.54 Å². The van der Waals surface area contributed by atoms with Gasteiger partial charge in [0.2, 0.25) is 5.91 Å². The lowest BCUT2D eigenvalue weighted by Gasteiger charge is -2.35. The average Bonchev–Trinajstić information content (AvgIpc) is 2.74. The van der Waals surface area contributed by atoms with E-state index in [1.54, 1.807) is 6.92 Å². The van der Waals surface area contributed by atoms with Crippen LogP contribution in [-0.2, 0) is 19.1 Å². The molecular weight excluding hydrogens is 417 g/mol. The molecule has 1 saturated heterocycles. The third-order valence-electron chi connectivity index (χ3n) is 5.76. The van der Waals surface area contributed by atoms with Gasteiger partial charge in [0.1, 0.15) is 29.8 Å². The standard InChI is InChI=1S/C23H34FN3O5/c1-6-17(13(2)3)21(29)25-14(4)22(30)27-11-7-8-20(26-27)23(31)32-15(5)18-12-16(28)9-10-19(18)24/h9-10,12-15,17,20,26,28H,6-8,11H2,1-5H3,(H,25,29)/t14?,15-,17+,20+/m1/s1. The van der Waals surface area contributed by atoms with Gasteiger partial charge in [-0.25, -0.2) is 9.82 Å². The second kappa shape index (κ2) is 11.3.